The number of methoxy groups -OCH3 is 1. The molecule has 0 N–H and O–H groups in total. The van der Waals surface area contributed by atoms with Crippen molar-refractivity contribution in [2.45, 2.75) is 6.43 Å². The summed E-state index contributed by atoms with van der Waals surface area (Å²) in [6, 6.07) is 0.938. The second-order valence-electron chi connectivity index (χ2n) is 2.63. The Bertz CT molecular complexity index is 390. The largest absolute Gasteiger partial charge is 0.494 e. The molecule has 1 rings (SSSR count). The summed E-state index contributed by atoms with van der Waals surface area (Å²) < 4.78 is 54.3. The average molecular weight is 222 g/mol. The van der Waals surface area contributed by atoms with Crippen LogP contribution in [0.15, 0.2) is 12.1 Å². The van der Waals surface area contributed by atoms with Gasteiger partial charge in [0.05, 0.1) is 12.7 Å². The van der Waals surface area contributed by atoms with Gasteiger partial charge < -0.3 is 4.74 Å². The molecule has 1 aromatic rings. The molecule has 6 heteroatoms. The number of hydrogen-bond donors (Lipinski definition) is 0. The fourth-order valence-electron chi connectivity index (χ4n) is 0.991. The van der Waals surface area contributed by atoms with E-state index in [4.69, 9.17) is 0 Å². The van der Waals surface area contributed by atoms with E-state index in [0.29, 0.717) is 12.1 Å². The zero-order valence-electron chi connectivity index (χ0n) is 7.56. The van der Waals surface area contributed by atoms with E-state index in [2.05, 4.69) is 4.74 Å². The zero-order valence-corrected chi connectivity index (χ0v) is 7.56. The highest BCUT2D eigenvalue weighted by atomic mass is 19.3. The van der Waals surface area contributed by atoms with Crippen molar-refractivity contribution in [2.24, 2.45) is 0 Å². The fraction of sp³-hybridized carbons (Fsp3) is 0.222. The Morgan fingerprint density at radius 1 is 1.27 bits per heavy atom. The van der Waals surface area contributed by atoms with Gasteiger partial charge >= 0.3 is 6.43 Å². The molecule has 0 heterocycles. The van der Waals surface area contributed by atoms with Gasteiger partial charge in [0.15, 0.2) is 11.6 Å². The third-order valence-electron chi connectivity index (χ3n) is 1.71. The van der Waals surface area contributed by atoms with E-state index in [1.807, 2.05) is 0 Å². The van der Waals surface area contributed by atoms with Crippen molar-refractivity contribution in [3.8, 4) is 5.75 Å². The minimum Gasteiger partial charge on any atom is -0.494 e. The van der Waals surface area contributed by atoms with E-state index in [1.165, 1.54) is 0 Å². The lowest BCUT2D eigenvalue weighted by molar-refractivity contribution is 0.0673. The van der Waals surface area contributed by atoms with Crippen molar-refractivity contribution in [2.75, 3.05) is 7.11 Å². The summed E-state index contributed by atoms with van der Waals surface area (Å²) in [5.74, 6) is -4.51. The Kier molecular flexibility index (Phi) is 3.28. The van der Waals surface area contributed by atoms with E-state index in [1.54, 1.807) is 0 Å². The standard InChI is InChI=1S/C9H6F4O2/c1-15-7-3-5(10)4(2-6(7)11)8(14)9(12)13/h2-3,9H,1H3. The maximum absolute atomic E-state index is 13.0. The molecule has 0 aromatic heterocycles. The first-order valence-electron chi connectivity index (χ1n) is 3.82. The van der Waals surface area contributed by atoms with Crippen LogP contribution in [0, 0.1) is 11.6 Å². The van der Waals surface area contributed by atoms with Crippen molar-refractivity contribution in [3.63, 3.8) is 0 Å². The molecular formula is C9H6F4O2. The predicted octanol–water partition coefficient (Wildman–Crippen LogP) is 2.42. The van der Waals surface area contributed by atoms with Crippen LogP contribution in [-0.2, 0) is 0 Å². The number of ether oxygens (including phenoxy) is 1. The molecular weight excluding hydrogens is 216 g/mol. The molecule has 0 fully saturated rings. The molecule has 15 heavy (non-hydrogen) atoms. The number of carbonyl (C=O) groups is 1. The van der Waals surface area contributed by atoms with Crippen LogP contribution in [-0.4, -0.2) is 19.3 Å². The summed E-state index contributed by atoms with van der Waals surface area (Å²) in [5.41, 5.74) is -0.983. The fourth-order valence-corrected chi connectivity index (χ4v) is 0.991. The lowest BCUT2D eigenvalue weighted by Crippen LogP contribution is -2.13. The van der Waals surface area contributed by atoms with Crippen molar-refractivity contribution in [3.05, 3.63) is 29.3 Å². The van der Waals surface area contributed by atoms with Gasteiger partial charge in [0.25, 0.3) is 0 Å². The molecule has 0 atom stereocenters. The Morgan fingerprint density at radius 3 is 2.33 bits per heavy atom. The van der Waals surface area contributed by atoms with Gasteiger partial charge in [0.2, 0.25) is 5.78 Å². The van der Waals surface area contributed by atoms with E-state index in [0.717, 1.165) is 7.11 Å². The van der Waals surface area contributed by atoms with Crippen molar-refractivity contribution >= 4 is 5.78 Å². The number of halogens is 4. The first kappa shape index (κ1) is 11.5. The number of ketones is 1. The molecule has 0 saturated heterocycles. The molecule has 82 valence electrons. The number of benzene rings is 1. The normalized spacial score (nSPS) is 10.5. The SMILES string of the molecule is COc1cc(F)c(C(=O)C(F)F)cc1F. The molecule has 0 aliphatic carbocycles. The lowest BCUT2D eigenvalue weighted by atomic mass is 10.1. The van der Waals surface area contributed by atoms with Gasteiger partial charge in [0, 0.05) is 6.07 Å². The van der Waals surface area contributed by atoms with Gasteiger partial charge in [-0.15, -0.1) is 0 Å². The molecule has 2 nitrogen and oxygen atoms in total. The highest BCUT2D eigenvalue weighted by Crippen LogP contribution is 2.22. The molecule has 0 saturated carbocycles. The van der Waals surface area contributed by atoms with E-state index in [9.17, 15) is 22.4 Å². The number of Topliss-reactive ketones (excluding diaryl/α,β-unsaturated/α-hetero) is 1. The predicted molar refractivity (Wildman–Crippen MR) is 43.2 cm³/mol. The van der Waals surface area contributed by atoms with Gasteiger partial charge in [-0.25, -0.2) is 17.6 Å². The summed E-state index contributed by atoms with van der Waals surface area (Å²) in [7, 11) is 1.09. The Balaban J connectivity index is 3.22. The summed E-state index contributed by atoms with van der Waals surface area (Å²) in [6.45, 7) is 0. The number of carbonyl (C=O) groups excluding carboxylic acids is 1. The number of alkyl halides is 2. The molecule has 1 aromatic carbocycles. The maximum Gasteiger partial charge on any atom is 0.300 e. The maximum atomic E-state index is 13.0. The third kappa shape index (κ3) is 2.26. The molecule has 0 unspecified atom stereocenters. The van der Waals surface area contributed by atoms with Crippen LogP contribution in [0.1, 0.15) is 10.4 Å². The average Bonchev–Trinajstić information content (AvgIpc) is 2.19. The van der Waals surface area contributed by atoms with Crippen LogP contribution in [0.3, 0.4) is 0 Å². The van der Waals surface area contributed by atoms with E-state index in [-0.39, 0.29) is 0 Å². The van der Waals surface area contributed by atoms with Gasteiger partial charge in [-0.2, -0.15) is 0 Å². The summed E-state index contributed by atoms with van der Waals surface area (Å²) in [6.07, 6.45) is -3.37. The monoisotopic (exact) mass is 222 g/mol. The van der Waals surface area contributed by atoms with E-state index >= 15 is 0 Å². The second kappa shape index (κ2) is 4.29. The van der Waals surface area contributed by atoms with Gasteiger partial charge in [-0.05, 0) is 6.07 Å². The van der Waals surface area contributed by atoms with Crippen molar-refractivity contribution < 1.29 is 27.1 Å². The molecule has 0 aliphatic heterocycles. The molecule has 0 bridgehead atoms. The minimum absolute atomic E-state index is 0.392. The Hall–Kier alpha value is -1.59. The van der Waals surface area contributed by atoms with Crippen molar-refractivity contribution in [1.29, 1.82) is 0 Å². The highest BCUT2D eigenvalue weighted by Gasteiger charge is 2.23. The highest BCUT2D eigenvalue weighted by molar-refractivity contribution is 5.98. The molecule has 0 radical (unpaired) electrons. The van der Waals surface area contributed by atoms with Gasteiger partial charge in [0.1, 0.15) is 5.82 Å². The molecule has 0 spiro atoms. The van der Waals surface area contributed by atoms with Gasteiger partial charge in [-0.1, -0.05) is 0 Å². The van der Waals surface area contributed by atoms with Crippen molar-refractivity contribution in [1.82, 2.24) is 0 Å². The number of hydrogen-bond acceptors (Lipinski definition) is 2. The number of rotatable bonds is 3. The van der Waals surface area contributed by atoms with Crippen LogP contribution in [0.5, 0.6) is 5.75 Å². The first-order chi connectivity index (χ1) is 6.97. The first-order valence-corrected chi connectivity index (χ1v) is 3.82. The van der Waals surface area contributed by atoms with Crippen LogP contribution < -0.4 is 4.74 Å². The summed E-state index contributed by atoms with van der Waals surface area (Å²) in [4.78, 5) is 10.7. The summed E-state index contributed by atoms with van der Waals surface area (Å²) in [5, 5.41) is 0. The van der Waals surface area contributed by atoms with Crippen LogP contribution in [0.2, 0.25) is 0 Å². The third-order valence-corrected chi connectivity index (χ3v) is 1.71. The summed E-state index contributed by atoms with van der Waals surface area (Å²) >= 11 is 0. The molecule has 0 aliphatic rings. The zero-order chi connectivity index (χ0) is 11.6. The van der Waals surface area contributed by atoms with Crippen LogP contribution in [0.4, 0.5) is 17.6 Å². The Morgan fingerprint density at radius 2 is 1.87 bits per heavy atom. The Labute approximate surface area is 82.5 Å². The van der Waals surface area contributed by atoms with E-state index < -0.39 is 35.2 Å². The topological polar surface area (TPSA) is 26.3 Å². The smallest absolute Gasteiger partial charge is 0.300 e. The van der Waals surface area contributed by atoms with Crippen LogP contribution in [0.25, 0.3) is 0 Å². The van der Waals surface area contributed by atoms with Gasteiger partial charge in [-0.3, -0.25) is 4.79 Å². The molecule has 0 amide bonds. The minimum atomic E-state index is -3.37. The van der Waals surface area contributed by atoms with Crippen LogP contribution >= 0.6 is 0 Å². The quantitative estimate of drug-likeness (QED) is 0.579. The lowest BCUT2D eigenvalue weighted by Gasteiger charge is -2.05. The second-order valence-corrected chi connectivity index (χ2v) is 2.63.